The lowest BCUT2D eigenvalue weighted by atomic mass is 9.84. The zero-order valence-corrected chi connectivity index (χ0v) is 11.6. The van der Waals surface area contributed by atoms with E-state index in [1.165, 1.54) is 25.7 Å². The van der Waals surface area contributed by atoms with Crippen LogP contribution in [0.25, 0.3) is 0 Å². The van der Waals surface area contributed by atoms with Crippen molar-refractivity contribution in [2.45, 2.75) is 49.7 Å². The van der Waals surface area contributed by atoms with Gasteiger partial charge in [0.25, 0.3) is 0 Å². The molecule has 0 spiro atoms. The predicted molar refractivity (Wildman–Crippen MR) is 74.3 cm³/mol. The Bertz CT molecular complexity index is 312. The van der Waals surface area contributed by atoms with Crippen LogP contribution in [0.4, 0.5) is 0 Å². The second-order valence-corrected chi connectivity index (χ2v) is 6.14. The van der Waals surface area contributed by atoms with E-state index < -0.39 is 0 Å². The third-order valence-corrected chi connectivity index (χ3v) is 5.27. The van der Waals surface area contributed by atoms with E-state index in [-0.39, 0.29) is 0 Å². The van der Waals surface area contributed by atoms with Gasteiger partial charge in [-0.05, 0) is 44.4 Å². The molecule has 0 amide bonds. The maximum absolute atomic E-state index is 5.41. The molecule has 0 aliphatic heterocycles. The molecular formula is C14H23NOS. The smallest absolute Gasteiger partial charge is 0.113 e. The summed E-state index contributed by atoms with van der Waals surface area (Å²) in [5, 5.41) is 4.22. The third kappa shape index (κ3) is 3.52. The minimum absolute atomic E-state index is 0.678. The van der Waals surface area contributed by atoms with Crippen LogP contribution in [0.5, 0.6) is 0 Å². The number of furan rings is 1. The van der Waals surface area contributed by atoms with Gasteiger partial charge in [-0.25, -0.2) is 0 Å². The van der Waals surface area contributed by atoms with E-state index >= 15 is 0 Å². The fourth-order valence-corrected chi connectivity index (χ4v) is 4.14. The molecule has 1 aromatic rings. The van der Waals surface area contributed by atoms with Crippen LogP contribution < -0.4 is 5.32 Å². The van der Waals surface area contributed by atoms with Gasteiger partial charge >= 0.3 is 0 Å². The molecule has 1 aliphatic carbocycles. The lowest BCUT2D eigenvalue weighted by Gasteiger charge is -2.35. The first-order valence-electron chi connectivity index (χ1n) is 6.64. The molecule has 2 rings (SSSR count). The van der Waals surface area contributed by atoms with E-state index in [0.717, 1.165) is 22.7 Å². The van der Waals surface area contributed by atoms with Crippen molar-refractivity contribution in [3.63, 3.8) is 0 Å². The Kier molecular flexibility index (Phi) is 4.99. The van der Waals surface area contributed by atoms with Gasteiger partial charge in [0, 0.05) is 11.3 Å². The second kappa shape index (κ2) is 6.50. The summed E-state index contributed by atoms with van der Waals surface area (Å²) in [5.41, 5.74) is 0. The summed E-state index contributed by atoms with van der Waals surface area (Å²) >= 11 is 2.05. The molecular weight excluding hydrogens is 230 g/mol. The normalized spacial score (nSPS) is 29.4. The van der Waals surface area contributed by atoms with Crippen molar-refractivity contribution < 1.29 is 4.42 Å². The Labute approximate surface area is 109 Å². The first-order valence-corrected chi connectivity index (χ1v) is 7.69. The molecule has 96 valence electrons. The summed E-state index contributed by atoms with van der Waals surface area (Å²) in [4.78, 5) is 0. The molecule has 3 unspecified atom stereocenters. The minimum Gasteiger partial charge on any atom is -0.468 e. The molecule has 3 heteroatoms. The van der Waals surface area contributed by atoms with E-state index in [9.17, 15) is 0 Å². The first-order chi connectivity index (χ1) is 8.33. The summed E-state index contributed by atoms with van der Waals surface area (Å²) in [5.74, 6) is 3.03. The van der Waals surface area contributed by atoms with Gasteiger partial charge in [0.2, 0.25) is 0 Å². The fraction of sp³-hybridized carbons (Fsp3) is 0.714. The Morgan fingerprint density at radius 3 is 3.00 bits per heavy atom. The van der Waals surface area contributed by atoms with Gasteiger partial charge in [0.05, 0.1) is 12.0 Å². The third-order valence-electron chi connectivity index (χ3n) is 3.87. The summed E-state index contributed by atoms with van der Waals surface area (Å²) in [7, 11) is 2.09. The molecule has 1 aliphatic rings. The molecule has 1 N–H and O–H groups in total. The molecule has 1 fully saturated rings. The molecule has 0 aromatic carbocycles. The molecule has 1 aromatic heterocycles. The topological polar surface area (TPSA) is 25.2 Å². The average molecular weight is 253 g/mol. The zero-order valence-electron chi connectivity index (χ0n) is 10.8. The number of thioether (sulfide) groups is 1. The highest BCUT2D eigenvalue weighted by Gasteiger charge is 2.29. The van der Waals surface area contributed by atoms with Crippen LogP contribution in [-0.2, 0) is 5.75 Å². The largest absolute Gasteiger partial charge is 0.468 e. The number of hydrogen-bond donors (Lipinski definition) is 1. The predicted octanol–water partition coefficient (Wildman–Crippen LogP) is 3.68. The van der Waals surface area contributed by atoms with Crippen molar-refractivity contribution in [3.05, 3.63) is 24.2 Å². The number of hydrogen-bond acceptors (Lipinski definition) is 3. The summed E-state index contributed by atoms with van der Waals surface area (Å²) in [6.45, 7) is 2.32. The van der Waals surface area contributed by atoms with Gasteiger partial charge in [-0.15, -0.1) is 11.8 Å². The summed E-state index contributed by atoms with van der Waals surface area (Å²) in [6.07, 6.45) is 7.16. The van der Waals surface area contributed by atoms with E-state index in [1.807, 2.05) is 6.07 Å². The van der Waals surface area contributed by atoms with Crippen molar-refractivity contribution >= 4 is 11.8 Å². The van der Waals surface area contributed by atoms with E-state index in [0.29, 0.717) is 6.04 Å². The van der Waals surface area contributed by atoms with Crippen LogP contribution in [0, 0.1) is 5.92 Å². The lowest BCUT2D eigenvalue weighted by Crippen LogP contribution is -2.40. The van der Waals surface area contributed by atoms with Gasteiger partial charge < -0.3 is 9.73 Å². The second-order valence-electron chi connectivity index (χ2n) is 4.91. The van der Waals surface area contributed by atoms with Gasteiger partial charge in [-0.3, -0.25) is 0 Å². The van der Waals surface area contributed by atoms with Crippen LogP contribution in [0.1, 0.15) is 38.4 Å². The van der Waals surface area contributed by atoms with E-state index in [4.69, 9.17) is 4.42 Å². The van der Waals surface area contributed by atoms with Crippen LogP contribution in [-0.4, -0.2) is 18.3 Å². The maximum Gasteiger partial charge on any atom is 0.113 e. The molecule has 17 heavy (non-hydrogen) atoms. The Balaban J connectivity index is 1.86. The molecule has 0 saturated heterocycles. The van der Waals surface area contributed by atoms with Gasteiger partial charge in [0.15, 0.2) is 0 Å². The van der Waals surface area contributed by atoms with Crippen molar-refractivity contribution in [3.8, 4) is 0 Å². The number of rotatable bonds is 5. The number of nitrogens with one attached hydrogen (secondary N) is 1. The van der Waals surface area contributed by atoms with Crippen molar-refractivity contribution in [1.82, 2.24) is 5.32 Å². The standard InChI is InChI=1S/C14H23NOS/c1-3-11-6-7-13(15-2)14(9-11)17-10-12-5-4-8-16-12/h4-5,8,11,13-15H,3,6-7,9-10H2,1-2H3. The molecule has 1 heterocycles. The molecule has 2 nitrogen and oxygen atoms in total. The first kappa shape index (κ1) is 13.0. The van der Waals surface area contributed by atoms with Crippen LogP contribution in [0.2, 0.25) is 0 Å². The summed E-state index contributed by atoms with van der Waals surface area (Å²) < 4.78 is 5.41. The van der Waals surface area contributed by atoms with Crippen molar-refractivity contribution in [1.29, 1.82) is 0 Å². The Morgan fingerprint density at radius 1 is 1.47 bits per heavy atom. The van der Waals surface area contributed by atoms with Crippen molar-refractivity contribution in [2.75, 3.05) is 7.05 Å². The SMILES string of the molecule is CCC1CCC(NC)C(SCc2ccco2)C1. The monoisotopic (exact) mass is 253 g/mol. The highest BCUT2D eigenvalue weighted by Crippen LogP contribution is 2.35. The van der Waals surface area contributed by atoms with Gasteiger partial charge in [0.1, 0.15) is 5.76 Å². The van der Waals surface area contributed by atoms with Crippen LogP contribution in [0.15, 0.2) is 22.8 Å². The lowest BCUT2D eigenvalue weighted by molar-refractivity contribution is 0.304. The van der Waals surface area contributed by atoms with Crippen LogP contribution >= 0.6 is 11.8 Å². The van der Waals surface area contributed by atoms with Gasteiger partial charge in [-0.2, -0.15) is 0 Å². The zero-order chi connectivity index (χ0) is 12.1. The Morgan fingerprint density at radius 2 is 2.35 bits per heavy atom. The molecule has 0 bridgehead atoms. The van der Waals surface area contributed by atoms with Crippen LogP contribution in [0.3, 0.4) is 0 Å². The highest BCUT2D eigenvalue weighted by molar-refractivity contribution is 7.99. The van der Waals surface area contributed by atoms with Crippen molar-refractivity contribution in [2.24, 2.45) is 5.92 Å². The maximum atomic E-state index is 5.41. The minimum atomic E-state index is 0.678. The van der Waals surface area contributed by atoms with Gasteiger partial charge in [-0.1, -0.05) is 13.3 Å². The summed E-state index contributed by atoms with van der Waals surface area (Å²) in [6, 6.07) is 4.72. The average Bonchev–Trinajstić information content (AvgIpc) is 2.89. The molecule has 0 radical (unpaired) electrons. The molecule has 3 atom stereocenters. The quantitative estimate of drug-likeness (QED) is 0.866. The molecule has 1 saturated carbocycles. The van der Waals surface area contributed by atoms with E-state index in [1.54, 1.807) is 6.26 Å². The highest BCUT2D eigenvalue weighted by atomic mass is 32.2. The Hall–Kier alpha value is -0.410. The van der Waals surface area contributed by atoms with E-state index in [2.05, 4.69) is 37.1 Å². The fourth-order valence-electron chi connectivity index (χ4n) is 2.68.